The van der Waals surface area contributed by atoms with E-state index in [1.165, 1.54) is 11.1 Å². The van der Waals surface area contributed by atoms with Crippen LogP contribution in [-0.4, -0.2) is 28.6 Å². The van der Waals surface area contributed by atoms with E-state index >= 15 is 0 Å². The number of esters is 1. The Morgan fingerprint density at radius 3 is 2.04 bits per heavy atom. The second kappa shape index (κ2) is 9.08. The number of benzene rings is 2. The fraction of sp³-hybridized carbons (Fsp3) is 0.211. The SMILES string of the molecule is C=C(C)C(=O)OC[SiH2]OCC(c1ccccc1)c1ccccc1. The van der Waals surface area contributed by atoms with E-state index < -0.39 is 9.76 Å². The Labute approximate surface area is 139 Å². The molecule has 0 unspecified atom stereocenters. The molecule has 0 fully saturated rings. The van der Waals surface area contributed by atoms with E-state index in [9.17, 15) is 4.79 Å². The molecule has 0 N–H and O–H groups in total. The van der Waals surface area contributed by atoms with Crippen LogP contribution in [0, 0.1) is 0 Å². The zero-order chi connectivity index (χ0) is 16.5. The van der Waals surface area contributed by atoms with Crippen LogP contribution in [0.25, 0.3) is 0 Å². The van der Waals surface area contributed by atoms with Gasteiger partial charge in [0, 0.05) is 18.1 Å². The average Bonchev–Trinajstić information content (AvgIpc) is 2.59. The van der Waals surface area contributed by atoms with E-state index in [4.69, 9.17) is 9.16 Å². The van der Waals surface area contributed by atoms with Gasteiger partial charge in [-0.3, -0.25) is 0 Å². The highest BCUT2D eigenvalue weighted by Crippen LogP contribution is 2.24. The fourth-order valence-electron chi connectivity index (χ4n) is 2.27. The van der Waals surface area contributed by atoms with Crippen molar-refractivity contribution in [2.45, 2.75) is 12.8 Å². The molecule has 2 aromatic rings. The van der Waals surface area contributed by atoms with Gasteiger partial charge < -0.3 is 9.16 Å². The Balaban J connectivity index is 1.92. The first kappa shape index (κ1) is 17.2. The molecule has 0 saturated carbocycles. The predicted octanol–water partition coefficient (Wildman–Crippen LogP) is 3.00. The van der Waals surface area contributed by atoms with Crippen LogP contribution >= 0.6 is 0 Å². The van der Waals surface area contributed by atoms with Crippen LogP contribution in [-0.2, 0) is 14.0 Å². The average molecular weight is 326 g/mol. The van der Waals surface area contributed by atoms with Crippen LogP contribution in [0.4, 0.5) is 0 Å². The third-order valence-corrected chi connectivity index (χ3v) is 4.39. The monoisotopic (exact) mass is 326 g/mol. The summed E-state index contributed by atoms with van der Waals surface area (Å²) in [6.45, 7) is 5.81. The van der Waals surface area contributed by atoms with Gasteiger partial charge >= 0.3 is 5.97 Å². The van der Waals surface area contributed by atoms with Gasteiger partial charge in [-0.1, -0.05) is 67.2 Å². The van der Waals surface area contributed by atoms with Crippen molar-refractivity contribution in [2.24, 2.45) is 0 Å². The van der Waals surface area contributed by atoms with Gasteiger partial charge in [0.15, 0.2) is 0 Å². The minimum absolute atomic E-state index is 0.196. The summed E-state index contributed by atoms with van der Waals surface area (Å²) in [6.07, 6.45) is 0.377. The van der Waals surface area contributed by atoms with Crippen molar-refractivity contribution in [3.8, 4) is 0 Å². The van der Waals surface area contributed by atoms with Gasteiger partial charge in [-0.2, -0.15) is 0 Å². The van der Waals surface area contributed by atoms with Gasteiger partial charge in [0.2, 0.25) is 9.76 Å². The van der Waals surface area contributed by atoms with E-state index in [-0.39, 0.29) is 11.9 Å². The van der Waals surface area contributed by atoms with Crippen LogP contribution < -0.4 is 0 Å². The minimum Gasteiger partial charge on any atom is -0.464 e. The molecule has 0 heterocycles. The van der Waals surface area contributed by atoms with E-state index in [2.05, 4.69) is 30.8 Å². The normalized spacial score (nSPS) is 11.0. The molecule has 0 aliphatic heterocycles. The Hall–Kier alpha value is -2.17. The Morgan fingerprint density at radius 2 is 1.57 bits per heavy atom. The fourth-order valence-corrected chi connectivity index (χ4v) is 3.06. The standard InChI is InChI=1S/C19H22O3Si/c1-15(2)19(20)21-14-23-22-13-18(16-9-5-3-6-10-16)17-11-7-4-8-12-17/h3-12,18H,1,13-14,23H2,2H3. The number of hydrogen-bond acceptors (Lipinski definition) is 3. The van der Waals surface area contributed by atoms with Gasteiger partial charge in [0.25, 0.3) is 0 Å². The number of carbonyl (C=O) groups excluding carboxylic acids is 1. The lowest BCUT2D eigenvalue weighted by Crippen LogP contribution is -2.17. The summed E-state index contributed by atoms with van der Waals surface area (Å²) in [7, 11) is -0.900. The predicted molar refractivity (Wildman–Crippen MR) is 95.0 cm³/mol. The summed E-state index contributed by atoms with van der Waals surface area (Å²) in [6, 6.07) is 20.6. The Kier molecular flexibility index (Phi) is 6.78. The molecular weight excluding hydrogens is 304 g/mol. The highest BCUT2D eigenvalue weighted by molar-refractivity contribution is 6.27. The number of carbonyl (C=O) groups is 1. The molecule has 0 atom stereocenters. The molecule has 23 heavy (non-hydrogen) atoms. The molecule has 0 aliphatic rings. The second-order valence-corrected chi connectivity index (χ2v) is 6.59. The summed E-state index contributed by atoms with van der Waals surface area (Å²) in [4.78, 5) is 11.3. The Bertz CT molecular complexity index is 586. The smallest absolute Gasteiger partial charge is 0.332 e. The van der Waals surface area contributed by atoms with Crippen molar-refractivity contribution in [1.82, 2.24) is 0 Å². The lowest BCUT2D eigenvalue weighted by Gasteiger charge is -2.18. The molecule has 0 amide bonds. The highest BCUT2D eigenvalue weighted by Gasteiger charge is 2.14. The molecule has 0 saturated heterocycles. The van der Waals surface area contributed by atoms with Gasteiger partial charge in [0.1, 0.15) is 6.23 Å². The van der Waals surface area contributed by atoms with Crippen LogP contribution in [0.5, 0.6) is 0 Å². The van der Waals surface area contributed by atoms with Crippen LogP contribution in [0.2, 0.25) is 0 Å². The van der Waals surface area contributed by atoms with Crippen LogP contribution in [0.15, 0.2) is 72.8 Å². The molecule has 4 heteroatoms. The summed E-state index contributed by atoms with van der Waals surface area (Å²) in [5.41, 5.74) is 2.88. The number of hydrogen-bond donors (Lipinski definition) is 0. The molecule has 0 aliphatic carbocycles. The summed E-state index contributed by atoms with van der Waals surface area (Å²) >= 11 is 0. The third kappa shape index (κ3) is 5.51. The van der Waals surface area contributed by atoms with E-state index in [0.29, 0.717) is 18.4 Å². The summed E-state index contributed by atoms with van der Waals surface area (Å²) in [5, 5.41) is 0. The molecule has 0 aromatic heterocycles. The molecule has 2 aromatic carbocycles. The van der Waals surface area contributed by atoms with Gasteiger partial charge in [0.05, 0.1) is 0 Å². The van der Waals surface area contributed by atoms with Crippen molar-refractivity contribution in [3.05, 3.63) is 83.9 Å². The largest absolute Gasteiger partial charge is 0.464 e. The van der Waals surface area contributed by atoms with Gasteiger partial charge in [-0.15, -0.1) is 0 Å². The van der Waals surface area contributed by atoms with Crippen molar-refractivity contribution >= 4 is 15.7 Å². The lowest BCUT2D eigenvalue weighted by molar-refractivity contribution is -0.137. The topological polar surface area (TPSA) is 35.5 Å². The van der Waals surface area contributed by atoms with Crippen molar-refractivity contribution in [2.75, 3.05) is 12.8 Å². The zero-order valence-corrected chi connectivity index (χ0v) is 14.8. The van der Waals surface area contributed by atoms with Gasteiger partial charge in [-0.25, -0.2) is 4.79 Å². The second-order valence-electron chi connectivity index (χ2n) is 5.37. The van der Waals surface area contributed by atoms with Crippen molar-refractivity contribution in [3.63, 3.8) is 0 Å². The first-order valence-corrected chi connectivity index (χ1v) is 9.26. The molecule has 0 spiro atoms. The van der Waals surface area contributed by atoms with Gasteiger partial charge in [-0.05, 0) is 18.1 Å². The summed E-state index contributed by atoms with van der Waals surface area (Å²) < 4.78 is 11.0. The maximum Gasteiger partial charge on any atom is 0.332 e. The van der Waals surface area contributed by atoms with Crippen LogP contribution in [0.1, 0.15) is 24.0 Å². The molecule has 0 radical (unpaired) electrons. The minimum atomic E-state index is -0.900. The zero-order valence-electron chi connectivity index (χ0n) is 13.4. The quantitative estimate of drug-likeness (QED) is 0.324. The molecular formula is C19H22O3Si. The first-order valence-electron chi connectivity index (χ1n) is 7.68. The lowest BCUT2D eigenvalue weighted by atomic mass is 9.92. The van der Waals surface area contributed by atoms with E-state index in [0.717, 1.165) is 0 Å². The molecule has 2 rings (SSSR count). The summed E-state index contributed by atoms with van der Waals surface area (Å²) in [5.74, 6) is -0.148. The first-order chi connectivity index (χ1) is 11.2. The third-order valence-electron chi connectivity index (χ3n) is 3.50. The Morgan fingerprint density at radius 1 is 1.04 bits per heavy atom. The molecule has 0 bridgehead atoms. The number of ether oxygens (including phenoxy) is 1. The van der Waals surface area contributed by atoms with Crippen LogP contribution in [0.3, 0.4) is 0 Å². The van der Waals surface area contributed by atoms with E-state index in [1.54, 1.807) is 6.92 Å². The molecule has 120 valence electrons. The maximum atomic E-state index is 11.3. The molecule has 3 nitrogen and oxygen atoms in total. The van der Waals surface area contributed by atoms with E-state index in [1.807, 2.05) is 36.4 Å². The highest BCUT2D eigenvalue weighted by atomic mass is 28.2. The van der Waals surface area contributed by atoms with Crippen molar-refractivity contribution in [1.29, 1.82) is 0 Å². The maximum absolute atomic E-state index is 11.3. The number of rotatable bonds is 8. The van der Waals surface area contributed by atoms with Crippen molar-refractivity contribution < 1.29 is 14.0 Å².